The SMILES string of the molecule is I.NNC1CCCCC1. The van der Waals surface area contributed by atoms with Gasteiger partial charge >= 0.3 is 0 Å². The Morgan fingerprint density at radius 2 is 1.67 bits per heavy atom. The van der Waals surface area contributed by atoms with Crippen molar-refractivity contribution >= 4 is 24.0 Å². The van der Waals surface area contributed by atoms with E-state index in [4.69, 9.17) is 5.84 Å². The quantitative estimate of drug-likeness (QED) is 0.414. The summed E-state index contributed by atoms with van der Waals surface area (Å²) in [4.78, 5) is 0. The van der Waals surface area contributed by atoms with Crippen LogP contribution < -0.4 is 11.3 Å². The van der Waals surface area contributed by atoms with E-state index in [0.717, 1.165) is 0 Å². The van der Waals surface area contributed by atoms with Gasteiger partial charge in [-0.3, -0.25) is 11.3 Å². The van der Waals surface area contributed by atoms with Crippen molar-refractivity contribution < 1.29 is 0 Å². The van der Waals surface area contributed by atoms with E-state index in [0.29, 0.717) is 6.04 Å². The van der Waals surface area contributed by atoms with Crippen LogP contribution in [-0.4, -0.2) is 6.04 Å². The van der Waals surface area contributed by atoms with Crippen LogP contribution in [0.1, 0.15) is 32.1 Å². The number of hydrogen-bond donors (Lipinski definition) is 2. The molecule has 2 nitrogen and oxygen atoms in total. The molecule has 0 aromatic rings. The summed E-state index contributed by atoms with van der Waals surface area (Å²) in [6.45, 7) is 0. The molecule has 0 amide bonds. The van der Waals surface area contributed by atoms with Gasteiger partial charge in [0.1, 0.15) is 0 Å². The van der Waals surface area contributed by atoms with Gasteiger partial charge < -0.3 is 0 Å². The third-order valence-corrected chi connectivity index (χ3v) is 1.84. The van der Waals surface area contributed by atoms with Crippen LogP contribution in [0.4, 0.5) is 0 Å². The van der Waals surface area contributed by atoms with E-state index in [1.54, 1.807) is 0 Å². The first-order valence-corrected chi connectivity index (χ1v) is 3.39. The molecule has 0 saturated heterocycles. The zero-order chi connectivity index (χ0) is 5.82. The van der Waals surface area contributed by atoms with Crippen molar-refractivity contribution in [3.63, 3.8) is 0 Å². The van der Waals surface area contributed by atoms with E-state index in [2.05, 4.69) is 5.43 Å². The second-order valence-electron chi connectivity index (χ2n) is 2.50. The van der Waals surface area contributed by atoms with Crippen LogP contribution in [0.2, 0.25) is 0 Å². The van der Waals surface area contributed by atoms with Crippen molar-refractivity contribution in [2.45, 2.75) is 38.1 Å². The molecule has 0 spiro atoms. The number of halogens is 1. The largest absolute Gasteiger partial charge is 0.271 e. The van der Waals surface area contributed by atoms with Crippen molar-refractivity contribution in [1.82, 2.24) is 5.43 Å². The van der Waals surface area contributed by atoms with Gasteiger partial charge in [0.2, 0.25) is 0 Å². The smallest absolute Gasteiger partial charge is 0.0210 e. The summed E-state index contributed by atoms with van der Waals surface area (Å²) in [5.74, 6) is 5.25. The van der Waals surface area contributed by atoms with Crippen LogP contribution in [0.25, 0.3) is 0 Å². The zero-order valence-electron chi connectivity index (χ0n) is 5.60. The fourth-order valence-corrected chi connectivity index (χ4v) is 1.27. The molecular weight excluding hydrogens is 227 g/mol. The van der Waals surface area contributed by atoms with Crippen LogP contribution in [0.15, 0.2) is 0 Å². The highest BCUT2D eigenvalue weighted by Gasteiger charge is 2.09. The van der Waals surface area contributed by atoms with Crippen molar-refractivity contribution in [3.8, 4) is 0 Å². The predicted molar refractivity (Wildman–Crippen MR) is 49.6 cm³/mol. The highest BCUT2D eigenvalue weighted by molar-refractivity contribution is 14.0. The van der Waals surface area contributed by atoms with Gasteiger partial charge in [0, 0.05) is 6.04 Å². The fourth-order valence-electron chi connectivity index (χ4n) is 1.27. The Kier molecular flexibility index (Phi) is 5.83. The first kappa shape index (κ1) is 9.65. The second-order valence-corrected chi connectivity index (χ2v) is 2.50. The summed E-state index contributed by atoms with van der Waals surface area (Å²) in [5, 5.41) is 0. The minimum absolute atomic E-state index is 0. The molecule has 0 atom stereocenters. The maximum Gasteiger partial charge on any atom is 0.0210 e. The van der Waals surface area contributed by atoms with Crippen LogP contribution in [0.3, 0.4) is 0 Å². The first-order chi connectivity index (χ1) is 3.93. The Hall–Kier alpha value is 0.650. The summed E-state index contributed by atoms with van der Waals surface area (Å²) >= 11 is 0. The number of nitrogens with two attached hydrogens (primary N) is 1. The Morgan fingerprint density at radius 1 is 1.11 bits per heavy atom. The van der Waals surface area contributed by atoms with Crippen LogP contribution in [0.5, 0.6) is 0 Å². The van der Waals surface area contributed by atoms with E-state index >= 15 is 0 Å². The Morgan fingerprint density at radius 3 is 2.00 bits per heavy atom. The molecule has 3 heteroatoms. The van der Waals surface area contributed by atoms with Crippen molar-refractivity contribution in [1.29, 1.82) is 0 Å². The van der Waals surface area contributed by atoms with Gasteiger partial charge in [-0.2, -0.15) is 0 Å². The molecular formula is C6H15IN2. The highest BCUT2D eigenvalue weighted by Crippen LogP contribution is 2.16. The third-order valence-electron chi connectivity index (χ3n) is 1.84. The molecule has 0 aliphatic heterocycles. The minimum atomic E-state index is 0. The Labute approximate surface area is 73.6 Å². The minimum Gasteiger partial charge on any atom is -0.271 e. The lowest BCUT2D eigenvalue weighted by molar-refractivity contribution is 0.379. The lowest BCUT2D eigenvalue weighted by Gasteiger charge is -2.19. The summed E-state index contributed by atoms with van der Waals surface area (Å²) < 4.78 is 0. The maximum absolute atomic E-state index is 5.25. The maximum atomic E-state index is 5.25. The lowest BCUT2D eigenvalue weighted by Crippen LogP contribution is -2.36. The summed E-state index contributed by atoms with van der Waals surface area (Å²) in [5.41, 5.74) is 2.80. The van der Waals surface area contributed by atoms with E-state index in [-0.39, 0.29) is 24.0 Å². The molecule has 1 rings (SSSR count). The molecule has 1 fully saturated rings. The van der Waals surface area contributed by atoms with E-state index in [1.165, 1.54) is 32.1 Å². The number of nitrogens with one attached hydrogen (secondary N) is 1. The molecule has 0 aromatic carbocycles. The van der Waals surface area contributed by atoms with E-state index in [1.807, 2.05) is 0 Å². The molecule has 0 aromatic heterocycles. The molecule has 1 aliphatic rings. The van der Waals surface area contributed by atoms with E-state index < -0.39 is 0 Å². The van der Waals surface area contributed by atoms with Gasteiger partial charge in [-0.25, -0.2) is 0 Å². The first-order valence-electron chi connectivity index (χ1n) is 3.39. The fraction of sp³-hybridized carbons (Fsp3) is 1.00. The van der Waals surface area contributed by atoms with Crippen LogP contribution >= 0.6 is 24.0 Å². The van der Waals surface area contributed by atoms with Gasteiger partial charge in [0.25, 0.3) is 0 Å². The average molecular weight is 242 g/mol. The van der Waals surface area contributed by atoms with Crippen molar-refractivity contribution in [2.75, 3.05) is 0 Å². The number of hydrogen-bond acceptors (Lipinski definition) is 2. The van der Waals surface area contributed by atoms with Crippen LogP contribution in [0, 0.1) is 0 Å². The van der Waals surface area contributed by atoms with Crippen molar-refractivity contribution in [3.05, 3.63) is 0 Å². The summed E-state index contributed by atoms with van der Waals surface area (Å²) in [6, 6.07) is 0.615. The van der Waals surface area contributed by atoms with Crippen LogP contribution in [-0.2, 0) is 0 Å². The molecule has 0 radical (unpaired) electrons. The average Bonchev–Trinajstić information content (AvgIpc) is 1.90. The third kappa shape index (κ3) is 3.37. The summed E-state index contributed by atoms with van der Waals surface area (Å²) in [6.07, 6.45) is 6.66. The zero-order valence-corrected chi connectivity index (χ0v) is 7.93. The number of rotatable bonds is 1. The van der Waals surface area contributed by atoms with Gasteiger partial charge in [0.15, 0.2) is 0 Å². The van der Waals surface area contributed by atoms with Crippen molar-refractivity contribution in [2.24, 2.45) is 5.84 Å². The van der Waals surface area contributed by atoms with Gasteiger partial charge in [-0.15, -0.1) is 24.0 Å². The molecule has 56 valence electrons. The van der Waals surface area contributed by atoms with Gasteiger partial charge in [-0.1, -0.05) is 19.3 Å². The molecule has 0 heterocycles. The molecule has 1 saturated carbocycles. The van der Waals surface area contributed by atoms with Gasteiger partial charge in [-0.05, 0) is 12.8 Å². The molecule has 1 aliphatic carbocycles. The monoisotopic (exact) mass is 242 g/mol. The topological polar surface area (TPSA) is 38.0 Å². The second kappa shape index (κ2) is 5.44. The highest BCUT2D eigenvalue weighted by atomic mass is 127. The molecule has 3 N–H and O–H groups in total. The lowest BCUT2D eigenvalue weighted by atomic mass is 9.96. The standard InChI is InChI=1S/C6H14N2.HI/c7-8-6-4-2-1-3-5-6;/h6,8H,1-5,7H2;1H. The predicted octanol–water partition coefficient (Wildman–Crippen LogP) is 1.40. The normalized spacial score (nSPS) is 21.0. The summed E-state index contributed by atoms with van der Waals surface area (Å²) in [7, 11) is 0. The Balaban J connectivity index is 0.000000640. The number of hydrazine groups is 1. The molecule has 0 bridgehead atoms. The van der Waals surface area contributed by atoms with E-state index in [9.17, 15) is 0 Å². The Bertz CT molecular complexity index is 62.1. The molecule has 9 heavy (non-hydrogen) atoms. The molecule has 0 unspecified atom stereocenters. The van der Waals surface area contributed by atoms with Gasteiger partial charge in [0.05, 0.1) is 0 Å².